The van der Waals surface area contributed by atoms with Gasteiger partial charge in [-0.3, -0.25) is 20.4 Å². The average molecular weight is 408 g/mol. The van der Waals surface area contributed by atoms with Crippen LogP contribution in [-0.4, -0.2) is 23.4 Å². The number of hydrazine groups is 1. The lowest BCUT2D eigenvalue weighted by Crippen LogP contribution is -2.41. The molecule has 0 saturated heterocycles. The highest BCUT2D eigenvalue weighted by Crippen LogP contribution is 2.32. The second-order valence-corrected chi connectivity index (χ2v) is 7.58. The first-order valence-corrected chi connectivity index (χ1v) is 9.69. The number of aromatic nitrogens is 1. The summed E-state index contributed by atoms with van der Waals surface area (Å²) in [4.78, 5) is 29.4. The van der Waals surface area contributed by atoms with Crippen LogP contribution in [0.3, 0.4) is 0 Å². The van der Waals surface area contributed by atoms with Crippen LogP contribution in [0.15, 0.2) is 41.8 Å². The second-order valence-electron chi connectivity index (χ2n) is 5.01. The molecule has 3 rings (SSSR count). The Hall–Kier alpha value is -2.42. The fourth-order valence-corrected chi connectivity index (χ4v) is 3.95. The van der Waals surface area contributed by atoms with Crippen LogP contribution in [-0.2, 0) is 0 Å². The second kappa shape index (κ2) is 8.31. The third-order valence-corrected chi connectivity index (χ3v) is 5.48. The number of rotatable bonds is 5. The number of carbonyl (C=O) groups excluding carboxylic acids is 2. The Morgan fingerprint density at radius 2 is 1.85 bits per heavy atom. The molecule has 0 aliphatic carbocycles. The Balaban J connectivity index is 1.58. The summed E-state index contributed by atoms with van der Waals surface area (Å²) in [7, 11) is 0. The van der Waals surface area contributed by atoms with E-state index < -0.39 is 11.8 Å². The molecule has 1 aromatic carbocycles. The van der Waals surface area contributed by atoms with Gasteiger partial charge >= 0.3 is 0 Å². The molecule has 2 heterocycles. The van der Waals surface area contributed by atoms with Crippen LogP contribution in [0.1, 0.15) is 27.8 Å². The maximum Gasteiger partial charge on any atom is 0.289 e. The molecular weight excluding hydrogens is 394 g/mol. The van der Waals surface area contributed by atoms with Gasteiger partial charge in [-0.2, -0.15) is 0 Å². The fraction of sp³-hybridized carbons (Fsp3) is 0.118. The fourth-order valence-electron chi connectivity index (χ4n) is 2.04. The minimum atomic E-state index is -0.491. The number of nitrogens with zero attached hydrogens (tertiary/aromatic N) is 1. The van der Waals surface area contributed by atoms with Gasteiger partial charge in [-0.05, 0) is 43.3 Å². The summed E-state index contributed by atoms with van der Waals surface area (Å²) in [6.45, 7) is 2.43. The standard InChI is InChI=1S/C17H14ClN3O3S2/c1-2-24-11-5-3-10(4-6-11)15(22)20-21-16(23)12-9-25-17(19-12)13-7-8-14(18)26-13/h3-9H,2H2,1H3,(H,20,22)(H,21,23). The lowest BCUT2D eigenvalue weighted by atomic mass is 10.2. The van der Waals surface area contributed by atoms with Gasteiger partial charge in [0.1, 0.15) is 16.5 Å². The molecule has 6 nitrogen and oxygen atoms in total. The molecule has 0 aliphatic heterocycles. The van der Waals surface area contributed by atoms with Gasteiger partial charge in [0.15, 0.2) is 0 Å². The zero-order valence-electron chi connectivity index (χ0n) is 13.6. The first-order chi connectivity index (χ1) is 12.6. The van der Waals surface area contributed by atoms with Crippen LogP contribution in [0.2, 0.25) is 4.34 Å². The summed E-state index contributed by atoms with van der Waals surface area (Å²) in [5.41, 5.74) is 5.35. The summed E-state index contributed by atoms with van der Waals surface area (Å²) >= 11 is 8.63. The molecule has 0 spiro atoms. The monoisotopic (exact) mass is 407 g/mol. The van der Waals surface area contributed by atoms with Crippen LogP contribution >= 0.6 is 34.3 Å². The lowest BCUT2D eigenvalue weighted by Gasteiger charge is -2.07. The van der Waals surface area contributed by atoms with Gasteiger partial charge in [-0.25, -0.2) is 4.98 Å². The van der Waals surface area contributed by atoms with E-state index in [1.165, 1.54) is 22.7 Å². The average Bonchev–Trinajstić information content (AvgIpc) is 3.29. The van der Waals surface area contributed by atoms with Gasteiger partial charge in [-0.15, -0.1) is 22.7 Å². The van der Waals surface area contributed by atoms with Crippen molar-refractivity contribution in [1.29, 1.82) is 0 Å². The predicted molar refractivity (Wildman–Crippen MR) is 103 cm³/mol. The molecule has 2 aromatic heterocycles. The van der Waals surface area contributed by atoms with E-state index in [9.17, 15) is 9.59 Å². The number of hydrogen-bond donors (Lipinski definition) is 2. The Kier molecular flexibility index (Phi) is 5.87. The molecule has 0 fully saturated rings. The third kappa shape index (κ3) is 4.40. The smallest absolute Gasteiger partial charge is 0.289 e. The van der Waals surface area contributed by atoms with Crippen molar-refractivity contribution in [2.24, 2.45) is 0 Å². The van der Waals surface area contributed by atoms with Crippen molar-refractivity contribution in [3.63, 3.8) is 0 Å². The van der Waals surface area contributed by atoms with Crippen molar-refractivity contribution in [3.8, 4) is 15.6 Å². The highest BCUT2D eigenvalue weighted by molar-refractivity contribution is 7.23. The van der Waals surface area contributed by atoms with Crippen LogP contribution in [0.4, 0.5) is 0 Å². The van der Waals surface area contributed by atoms with Gasteiger partial charge < -0.3 is 4.74 Å². The van der Waals surface area contributed by atoms with Crippen LogP contribution in [0.5, 0.6) is 5.75 Å². The van der Waals surface area contributed by atoms with Crippen molar-refractivity contribution in [3.05, 3.63) is 57.4 Å². The topological polar surface area (TPSA) is 80.3 Å². The summed E-state index contributed by atoms with van der Waals surface area (Å²) in [6, 6.07) is 10.3. The molecule has 0 saturated carbocycles. The first kappa shape index (κ1) is 18.4. The van der Waals surface area contributed by atoms with E-state index >= 15 is 0 Å². The SMILES string of the molecule is CCOc1ccc(C(=O)NNC(=O)c2csc(-c3ccc(Cl)s3)n2)cc1. The number of carbonyl (C=O) groups is 2. The quantitative estimate of drug-likeness (QED) is 0.626. The molecule has 3 aromatic rings. The van der Waals surface area contributed by atoms with Gasteiger partial charge in [0, 0.05) is 10.9 Å². The zero-order chi connectivity index (χ0) is 18.5. The molecule has 0 unspecified atom stereocenters. The molecule has 0 aliphatic rings. The number of thiazole rings is 1. The van der Waals surface area contributed by atoms with Crippen molar-refractivity contribution in [1.82, 2.24) is 15.8 Å². The number of hydrogen-bond acceptors (Lipinski definition) is 6. The number of benzene rings is 1. The van der Waals surface area contributed by atoms with Crippen LogP contribution < -0.4 is 15.6 Å². The molecule has 26 heavy (non-hydrogen) atoms. The number of amides is 2. The minimum Gasteiger partial charge on any atom is -0.494 e. The van der Waals surface area contributed by atoms with E-state index in [-0.39, 0.29) is 5.69 Å². The molecule has 2 amide bonds. The molecule has 134 valence electrons. The predicted octanol–water partition coefficient (Wildman–Crippen LogP) is 4.00. The van der Waals surface area contributed by atoms with Crippen molar-refractivity contribution in [2.75, 3.05) is 6.61 Å². The van der Waals surface area contributed by atoms with Gasteiger partial charge in [0.25, 0.3) is 11.8 Å². The summed E-state index contributed by atoms with van der Waals surface area (Å²) in [5, 5.41) is 2.33. The van der Waals surface area contributed by atoms with Crippen molar-refractivity contribution < 1.29 is 14.3 Å². The summed E-state index contributed by atoms with van der Waals surface area (Å²) in [5.74, 6) is -0.243. The number of halogens is 1. The summed E-state index contributed by atoms with van der Waals surface area (Å²) < 4.78 is 5.98. The van der Waals surface area contributed by atoms with E-state index in [2.05, 4.69) is 15.8 Å². The number of nitrogens with one attached hydrogen (secondary N) is 2. The largest absolute Gasteiger partial charge is 0.494 e. The Morgan fingerprint density at radius 3 is 2.50 bits per heavy atom. The highest BCUT2D eigenvalue weighted by Gasteiger charge is 2.14. The van der Waals surface area contributed by atoms with E-state index in [1.54, 1.807) is 35.7 Å². The molecule has 0 atom stereocenters. The van der Waals surface area contributed by atoms with E-state index in [0.717, 1.165) is 4.88 Å². The van der Waals surface area contributed by atoms with Crippen LogP contribution in [0.25, 0.3) is 9.88 Å². The van der Waals surface area contributed by atoms with E-state index in [0.29, 0.717) is 27.3 Å². The molecule has 0 radical (unpaired) electrons. The van der Waals surface area contributed by atoms with Gasteiger partial charge in [-0.1, -0.05) is 11.6 Å². The van der Waals surface area contributed by atoms with Crippen molar-refractivity contribution in [2.45, 2.75) is 6.92 Å². The van der Waals surface area contributed by atoms with Gasteiger partial charge in [0.2, 0.25) is 0 Å². The Labute approximate surface area is 162 Å². The highest BCUT2D eigenvalue weighted by atomic mass is 35.5. The molecule has 9 heteroatoms. The maximum absolute atomic E-state index is 12.1. The zero-order valence-corrected chi connectivity index (χ0v) is 16.0. The molecular formula is C17H14ClN3O3S2. The van der Waals surface area contributed by atoms with Gasteiger partial charge in [0.05, 0.1) is 15.8 Å². The number of ether oxygens (including phenoxy) is 1. The van der Waals surface area contributed by atoms with E-state index in [4.69, 9.17) is 16.3 Å². The molecule has 2 N–H and O–H groups in total. The lowest BCUT2D eigenvalue weighted by molar-refractivity contribution is 0.0844. The summed E-state index contributed by atoms with van der Waals surface area (Å²) in [6.07, 6.45) is 0. The number of thiophene rings is 1. The molecule has 0 bridgehead atoms. The first-order valence-electron chi connectivity index (χ1n) is 7.61. The Morgan fingerprint density at radius 1 is 1.12 bits per heavy atom. The minimum absolute atomic E-state index is 0.224. The Bertz CT molecular complexity index is 921. The maximum atomic E-state index is 12.1. The normalized spacial score (nSPS) is 10.4. The van der Waals surface area contributed by atoms with E-state index in [1.807, 2.05) is 13.0 Å². The third-order valence-electron chi connectivity index (χ3n) is 3.24. The van der Waals surface area contributed by atoms with Crippen molar-refractivity contribution >= 4 is 46.1 Å². The van der Waals surface area contributed by atoms with Crippen LogP contribution in [0, 0.1) is 0 Å².